The Bertz CT molecular complexity index is 748. The van der Waals surface area contributed by atoms with Gasteiger partial charge < -0.3 is 15.2 Å². The van der Waals surface area contributed by atoms with Crippen LogP contribution in [0.15, 0.2) is 30.5 Å². The van der Waals surface area contributed by atoms with Crippen molar-refractivity contribution in [2.24, 2.45) is 5.92 Å². The molecule has 1 aliphatic heterocycles. The fraction of sp³-hybridized carbons (Fsp3) is 0.444. The smallest absolute Gasteiger partial charge is 0.253 e. The zero-order chi connectivity index (χ0) is 15.8. The maximum absolute atomic E-state index is 12.7. The Balaban J connectivity index is 1.47. The van der Waals surface area contributed by atoms with Crippen LogP contribution in [0, 0.1) is 5.92 Å². The van der Waals surface area contributed by atoms with E-state index in [-0.39, 0.29) is 17.7 Å². The molecule has 0 bridgehead atoms. The van der Waals surface area contributed by atoms with Gasteiger partial charge in [0.15, 0.2) is 0 Å². The lowest BCUT2D eigenvalue weighted by Crippen LogP contribution is -2.45. The van der Waals surface area contributed by atoms with Crippen molar-refractivity contribution in [3.8, 4) is 0 Å². The summed E-state index contributed by atoms with van der Waals surface area (Å²) in [5.41, 5.74) is 1.65. The van der Waals surface area contributed by atoms with E-state index in [1.54, 1.807) is 0 Å². The highest BCUT2D eigenvalue weighted by Crippen LogP contribution is 2.23. The molecule has 5 nitrogen and oxygen atoms in total. The summed E-state index contributed by atoms with van der Waals surface area (Å²) in [5, 5.41) is 4.16. The number of nitrogens with one attached hydrogen (secondary N) is 2. The van der Waals surface area contributed by atoms with Crippen LogP contribution in [0.25, 0.3) is 10.9 Å². The summed E-state index contributed by atoms with van der Waals surface area (Å²) in [6, 6.07) is 8.09. The zero-order valence-corrected chi connectivity index (χ0v) is 13.0. The first kappa shape index (κ1) is 14.3. The largest absolute Gasteiger partial charge is 0.361 e. The van der Waals surface area contributed by atoms with Crippen LogP contribution in [-0.2, 0) is 4.79 Å². The third-order valence-electron chi connectivity index (χ3n) is 4.81. The standard InChI is InChI=1S/C18H21N3O2/c22-17(20-15-5-6-15)14-2-1-9-21(11-14)18(23)13-4-3-12-7-8-19-16(12)10-13/h3-4,7-8,10,14-15,19H,1-2,5-6,9,11H2,(H,20,22)/t14-/m0/s1. The maximum atomic E-state index is 12.7. The molecule has 5 heteroatoms. The number of amides is 2. The van der Waals surface area contributed by atoms with Crippen LogP contribution in [0.3, 0.4) is 0 Å². The van der Waals surface area contributed by atoms with Gasteiger partial charge in [0.05, 0.1) is 5.92 Å². The second-order valence-electron chi connectivity index (χ2n) is 6.65. The molecule has 2 fully saturated rings. The number of hydrogen-bond donors (Lipinski definition) is 2. The SMILES string of the molecule is O=C(NC1CC1)[C@H]1CCCN(C(=O)c2ccc3cc[nH]c3c2)C1. The number of benzene rings is 1. The number of H-pyrrole nitrogens is 1. The Morgan fingerprint density at radius 3 is 2.87 bits per heavy atom. The molecule has 1 aromatic carbocycles. The van der Waals surface area contributed by atoms with E-state index in [4.69, 9.17) is 0 Å². The highest BCUT2D eigenvalue weighted by molar-refractivity contribution is 5.98. The van der Waals surface area contributed by atoms with E-state index in [2.05, 4.69) is 10.3 Å². The Morgan fingerprint density at radius 2 is 2.04 bits per heavy atom. The first-order valence-electron chi connectivity index (χ1n) is 8.37. The molecule has 23 heavy (non-hydrogen) atoms. The number of hydrogen-bond acceptors (Lipinski definition) is 2. The Hall–Kier alpha value is -2.30. The van der Waals surface area contributed by atoms with Gasteiger partial charge in [0.1, 0.15) is 0 Å². The molecule has 4 rings (SSSR count). The molecule has 2 aliphatic rings. The van der Waals surface area contributed by atoms with Crippen molar-refractivity contribution in [2.75, 3.05) is 13.1 Å². The minimum Gasteiger partial charge on any atom is -0.361 e. The summed E-state index contributed by atoms with van der Waals surface area (Å²) >= 11 is 0. The monoisotopic (exact) mass is 311 g/mol. The van der Waals surface area contributed by atoms with E-state index in [9.17, 15) is 9.59 Å². The third-order valence-corrected chi connectivity index (χ3v) is 4.81. The van der Waals surface area contributed by atoms with Crippen molar-refractivity contribution < 1.29 is 9.59 Å². The van der Waals surface area contributed by atoms with Gasteiger partial charge in [0.2, 0.25) is 5.91 Å². The first-order chi connectivity index (χ1) is 11.2. The van der Waals surface area contributed by atoms with Crippen LogP contribution in [0.1, 0.15) is 36.0 Å². The Kier molecular flexibility index (Phi) is 3.56. The molecule has 2 aromatic rings. The lowest BCUT2D eigenvalue weighted by molar-refractivity contribution is -0.126. The van der Waals surface area contributed by atoms with E-state index in [1.807, 2.05) is 35.4 Å². The number of aromatic amines is 1. The molecule has 0 radical (unpaired) electrons. The van der Waals surface area contributed by atoms with Crippen molar-refractivity contribution in [2.45, 2.75) is 31.7 Å². The second-order valence-corrected chi connectivity index (χ2v) is 6.65. The van der Waals surface area contributed by atoms with Gasteiger partial charge in [-0.2, -0.15) is 0 Å². The molecule has 2 N–H and O–H groups in total. The van der Waals surface area contributed by atoms with Crippen molar-refractivity contribution in [3.05, 3.63) is 36.0 Å². The summed E-state index contributed by atoms with van der Waals surface area (Å²) < 4.78 is 0. The Morgan fingerprint density at radius 1 is 1.17 bits per heavy atom. The number of likely N-dealkylation sites (tertiary alicyclic amines) is 1. The van der Waals surface area contributed by atoms with Gasteiger partial charge in [-0.25, -0.2) is 0 Å². The summed E-state index contributed by atoms with van der Waals surface area (Å²) in [7, 11) is 0. The normalized spacial score (nSPS) is 21.4. The van der Waals surface area contributed by atoms with E-state index < -0.39 is 0 Å². The van der Waals surface area contributed by atoms with Gasteiger partial charge in [-0.1, -0.05) is 6.07 Å². The predicted octanol–water partition coefficient (Wildman–Crippen LogP) is 2.30. The number of rotatable bonds is 3. The number of carbonyl (C=O) groups excluding carboxylic acids is 2. The van der Waals surface area contributed by atoms with Gasteiger partial charge >= 0.3 is 0 Å². The van der Waals surface area contributed by atoms with Crippen LogP contribution in [0.5, 0.6) is 0 Å². The van der Waals surface area contributed by atoms with E-state index in [0.29, 0.717) is 18.2 Å². The fourth-order valence-corrected chi connectivity index (χ4v) is 3.29. The molecular formula is C18H21N3O2. The average molecular weight is 311 g/mol. The summed E-state index contributed by atoms with van der Waals surface area (Å²) in [6.07, 6.45) is 5.82. The van der Waals surface area contributed by atoms with Crippen LogP contribution in [0.4, 0.5) is 0 Å². The van der Waals surface area contributed by atoms with Crippen molar-refractivity contribution >= 4 is 22.7 Å². The molecule has 1 atom stereocenters. The number of fused-ring (bicyclic) bond motifs is 1. The van der Waals surface area contributed by atoms with Crippen molar-refractivity contribution in [1.29, 1.82) is 0 Å². The molecule has 1 aliphatic carbocycles. The minimum atomic E-state index is -0.0671. The lowest BCUT2D eigenvalue weighted by Gasteiger charge is -2.32. The van der Waals surface area contributed by atoms with Gasteiger partial charge in [0, 0.05) is 36.4 Å². The number of aromatic nitrogens is 1. The Labute approximate surface area is 135 Å². The van der Waals surface area contributed by atoms with Gasteiger partial charge in [-0.15, -0.1) is 0 Å². The van der Waals surface area contributed by atoms with Crippen LogP contribution < -0.4 is 5.32 Å². The quantitative estimate of drug-likeness (QED) is 0.913. The summed E-state index contributed by atoms with van der Waals surface area (Å²) in [5.74, 6) is 0.0674. The number of nitrogens with zero attached hydrogens (tertiary/aromatic N) is 1. The van der Waals surface area contributed by atoms with Crippen molar-refractivity contribution in [3.63, 3.8) is 0 Å². The average Bonchev–Trinajstić information content (AvgIpc) is 3.27. The highest BCUT2D eigenvalue weighted by atomic mass is 16.2. The predicted molar refractivity (Wildman–Crippen MR) is 88.1 cm³/mol. The van der Waals surface area contributed by atoms with E-state index in [0.717, 1.165) is 43.1 Å². The molecule has 0 unspecified atom stereocenters. The topological polar surface area (TPSA) is 65.2 Å². The van der Waals surface area contributed by atoms with E-state index in [1.165, 1.54) is 0 Å². The molecule has 2 amide bonds. The molecular weight excluding hydrogens is 290 g/mol. The van der Waals surface area contributed by atoms with Gasteiger partial charge in [-0.05, 0) is 49.3 Å². The summed E-state index contributed by atoms with van der Waals surface area (Å²) in [6.45, 7) is 1.26. The van der Waals surface area contributed by atoms with E-state index >= 15 is 0 Å². The van der Waals surface area contributed by atoms with Crippen molar-refractivity contribution in [1.82, 2.24) is 15.2 Å². The zero-order valence-electron chi connectivity index (χ0n) is 13.0. The molecule has 1 aromatic heterocycles. The number of carbonyl (C=O) groups is 2. The van der Waals surface area contributed by atoms with Gasteiger partial charge in [0.25, 0.3) is 5.91 Å². The molecule has 2 heterocycles. The fourth-order valence-electron chi connectivity index (χ4n) is 3.29. The highest BCUT2D eigenvalue weighted by Gasteiger charge is 2.32. The number of piperidine rings is 1. The third kappa shape index (κ3) is 2.96. The molecule has 120 valence electrons. The van der Waals surface area contributed by atoms with Crippen LogP contribution in [-0.4, -0.2) is 40.8 Å². The molecule has 1 saturated heterocycles. The van der Waals surface area contributed by atoms with Gasteiger partial charge in [-0.3, -0.25) is 9.59 Å². The minimum absolute atomic E-state index is 0.0189. The van der Waals surface area contributed by atoms with Crippen LogP contribution in [0.2, 0.25) is 0 Å². The molecule has 1 saturated carbocycles. The maximum Gasteiger partial charge on any atom is 0.253 e. The lowest BCUT2D eigenvalue weighted by atomic mass is 9.96. The van der Waals surface area contributed by atoms with Crippen LogP contribution >= 0.6 is 0 Å². The summed E-state index contributed by atoms with van der Waals surface area (Å²) in [4.78, 5) is 30.0. The molecule has 0 spiro atoms. The second kappa shape index (κ2) is 5.72. The first-order valence-corrected chi connectivity index (χ1v) is 8.37.